The third-order valence-electron chi connectivity index (χ3n) is 9.20. The van der Waals surface area contributed by atoms with Crippen molar-refractivity contribution < 1.29 is 19.1 Å². The van der Waals surface area contributed by atoms with Gasteiger partial charge in [-0.25, -0.2) is 13.9 Å². The van der Waals surface area contributed by atoms with Gasteiger partial charge >= 0.3 is 5.97 Å². The van der Waals surface area contributed by atoms with Gasteiger partial charge in [0.05, 0.1) is 11.6 Å². The van der Waals surface area contributed by atoms with Crippen LogP contribution in [-0.4, -0.2) is 49.1 Å². The summed E-state index contributed by atoms with van der Waals surface area (Å²) < 4.78 is 17.1. The highest BCUT2D eigenvalue weighted by Gasteiger charge is 2.55. The molecule has 1 atom stereocenters. The number of benzene rings is 1. The average molecular weight is 519 g/mol. The van der Waals surface area contributed by atoms with Crippen molar-refractivity contribution >= 4 is 17.5 Å². The summed E-state index contributed by atoms with van der Waals surface area (Å²) in [5, 5.41) is 13.8. The Morgan fingerprint density at radius 3 is 2.61 bits per heavy atom. The Kier molecular flexibility index (Phi) is 6.23. The molecule has 2 aliphatic carbocycles. The van der Waals surface area contributed by atoms with E-state index in [4.69, 9.17) is 0 Å². The van der Waals surface area contributed by atoms with Crippen LogP contribution in [0.2, 0.25) is 0 Å². The first-order chi connectivity index (χ1) is 18.3. The minimum atomic E-state index is -0.698. The van der Waals surface area contributed by atoms with Crippen molar-refractivity contribution in [1.29, 1.82) is 0 Å². The number of carboxylic acids is 1. The van der Waals surface area contributed by atoms with E-state index in [-0.39, 0.29) is 35.0 Å². The number of carboxylic acid groups (broad SMARTS) is 1. The Morgan fingerprint density at radius 2 is 1.89 bits per heavy atom. The van der Waals surface area contributed by atoms with Crippen LogP contribution in [0.4, 0.5) is 4.39 Å². The van der Waals surface area contributed by atoms with Crippen molar-refractivity contribution in [2.45, 2.75) is 83.6 Å². The number of aromatic nitrogens is 3. The molecule has 1 saturated heterocycles. The Balaban J connectivity index is 1.24. The molecule has 0 bridgehead atoms. The first kappa shape index (κ1) is 25.0. The molecule has 2 aromatic heterocycles. The molecule has 1 aliphatic heterocycles. The highest BCUT2D eigenvalue weighted by molar-refractivity contribution is 5.93. The zero-order chi connectivity index (χ0) is 26.6. The minimum Gasteiger partial charge on any atom is -0.481 e. The van der Waals surface area contributed by atoms with E-state index in [1.165, 1.54) is 0 Å². The zero-order valence-corrected chi connectivity index (χ0v) is 22.1. The molecule has 3 fully saturated rings. The first-order valence-corrected chi connectivity index (χ1v) is 14.0. The lowest BCUT2D eigenvalue weighted by molar-refractivity contribution is -0.155. The van der Waals surface area contributed by atoms with Crippen LogP contribution in [0, 0.1) is 17.2 Å². The van der Waals surface area contributed by atoms with Crippen LogP contribution in [0.5, 0.6) is 0 Å². The number of hydrogen-bond acceptors (Lipinski definition) is 4. The van der Waals surface area contributed by atoms with E-state index in [0.717, 1.165) is 69.2 Å². The topological polar surface area (TPSA) is 87.8 Å². The molecule has 3 heterocycles. The van der Waals surface area contributed by atoms with Crippen molar-refractivity contribution in [3.05, 3.63) is 53.1 Å². The molecule has 1 aromatic carbocycles. The summed E-state index contributed by atoms with van der Waals surface area (Å²) in [6.45, 7) is 4.87. The number of nitrogens with zero attached hydrogens (tertiary/aromatic N) is 4. The molecule has 1 amide bonds. The summed E-state index contributed by atoms with van der Waals surface area (Å²) >= 11 is 0. The monoisotopic (exact) mass is 518 g/mol. The summed E-state index contributed by atoms with van der Waals surface area (Å²) in [6.07, 6.45) is 8.32. The maximum absolute atomic E-state index is 15.3. The third kappa shape index (κ3) is 4.28. The van der Waals surface area contributed by atoms with Crippen molar-refractivity contribution in [3.63, 3.8) is 0 Å². The smallest absolute Gasteiger partial charge is 0.306 e. The van der Waals surface area contributed by atoms with Crippen LogP contribution in [0.15, 0.2) is 30.3 Å². The molecule has 3 aromatic rings. The van der Waals surface area contributed by atoms with E-state index < -0.39 is 5.97 Å². The number of halogens is 1. The van der Waals surface area contributed by atoms with Gasteiger partial charge in [-0.1, -0.05) is 25.8 Å². The van der Waals surface area contributed by atoms with Gasteiger partial charge in [0.15, 0.2) is 5.65 Å². The van der Waals surface area contributed by atoms with Crippen LogP contribution < -0.4 is 0 Å². The number of likely N-dealkylation sites (tertiary alicyclic amines) is 1. The summed E-state index contributed by atoms with van der Waals surface area (Å²) in [6, 6.07) is 9.14. The number of rotatable bonds is 5. The van der Waals surface area contributed by atoms with Gasteiger partial charge in [0.1, 0.15) is 11.5 Å². The largest absolute Gasteiger partial charge is 0.481 e. The van der Waals surface area contributed by atoms with Gasteiger partial charge < -0.3 is 10.0 Å². The number of amides is 1. The van der Waals surface area contributed by atoms with Crippen molar-refractivity contribution in [2.75, 3.05) is 6.54 Å². The number of fused-ring (bicyclic) bond motifs is 1. The number of carbonyl (C=O) groups is 2. The first-order valence-electron chi connectivity index (χ1n) is 14.0. The van der Waals surface area contributed by atoms with Crippen LogP contribution >= 0.6 is 0 Å². The SMILES string of the molecule is CCc1cc(C(=O)N2CCCCC[C@H]2C)nc2cc(-c3ccc(C4CC5(CC(C(=O)O)C5)C4)cc3F)nn12. The van der Waals surface area contributed by atoms with E-state index >= 15 is 4.39 Å². The van der Waals surface area contributed by atoms with Crippen LogP contribution in [0.1, 0.15) is 92.9 Å². The van der Waals surface area contributed by atoms with E-state index in [0.29, 0.717) is 29.0 Å². The van der Waals surface area contributed by atoms with Crippen molar-refractivity contribution in [3.8, 4) is 11.3 Å². The van der Waals surface area contributed by atoms with Gasteiger partial charge in [-0.15, -0.1) is 0 Å². The maximum atomic E-state index is 15.3. The van der Waals surface area contributed by atoms with E-state index in [2.05, 4.69) is 17.0 Å². The Labute approximate surface area is 222 Å². The molecular weight excluding hydrogens is 483 g/mol. The van der Waals surface area contributed by atoms with Gasteiger partial charge in [0.25, 0.3) is 5.91 Å². The van der Waals surface area contributed by atoms with E-state index in [1.807, 2.05) is 24.0 Å². The van der Waals surface area contributed by atoms with Crippen LogP contribution in [0.3, 0.4) is 0 Å². The highest BCUT2D eigenvalue weighted by Crippen LogP contribution is 2.64. The standard InChI is InChI=1S/C30H35FN4O3/c1-3-22-12-26(28(36)34-10-6-4-5-7-18(34)2)32-27-13-25(33-35(22)27)23-9-8-19(11-24(23)31)20-14-30(15-20)16-21(17-30)29(37)38/h8-9,11-13,18,20-21H,3-7,10,14-17H2,1-2H3,(H,37,38)/t18-,20?,21?,30?/m1/s1. The van der Waals surface area contributed by atoms with Crippen LogP contribution in [-0.2, 0) is 11.2 Å². The molecule has 7 nitrogen and oxygen atoms in total. The highest BCUT2D eigenvalue weighted by atomic mass is 19.1. The van der Waals surface area contributed by atoms with Gasteiger partial charge in [-0.3, -0.25) is 9.59 Å². The average Bonchev–Trinajstić information content (AvgIpc) is 3.15. The Morgan fingerprint density at radius 1 is 1.11 bits per heavy atom. The molecule has 6 rings (SSSR count). The third-order valence-corrected chi connectivity index (χ3v) is 9.20. The lowest BCUT2D eigenvalue weighted by Crippen LogP contribution is -2.48. The zero-order valence-electron chi connectivity index (χ0n) is 22.1. The Hall–Kier alpha value is -3.29. The molecule has 1 spiro atoms. The number of carbonyl (C=O) groups excluding carboxylic acids is 1. The summed E-state index contributed by atoms with van der Waals surface area (Å²) in [5.74, 6) is -1.01. The summed E-state index contributed by atoms with van der Waals surface area (Å²) in [4.78, 5) is 31.2. The summed E-state index contributed by atoms with van der Waals surface area (Å²) in [5.41, 5.74) is 3.86. The summed E-state index contributed by atoms with van der Waals surface area (Å²) in [7, 11) is 0. The molecule has 200 valence electrons. The van der Waals surface area contributed by atoms with E-state index in [1.54, 1.807) is 22.7 Å². The van der Waals surface area contributed by atoms with E-state index in [9.17, 15) is 14.7 Å². The van der Waals surface area contributed by atoms with Crippen molar-refractivity contribution in [1.82, 2.24) is 19.5 Å². The second-order valence-corrected chi connectivity index (χ2v) is 11.8. The molecular formula is C30H35FN4O3. The minimum absolute atomic E-state index is 0.0470. The predicted octanol–water partition coefficient (Wildman–Crippen LogP) is 5.86. The molecule has 8 heteroatoms. The van der Waals surface area contributed by atoms with Gasteiger partial charge in [-0.2, -0.15) is 5.10 Å². The van der Waals surface area contributed by atoms with Crippen LogP contribution in [0.25, 0.3) is 16.9 Å². The molecule has 0 unspecified atom stereocenters. The predicted molar refractivity (Wildman–Crippen MR) is 141 cm³/mol. The molecule has 3 aliphatic rings. The van der Waals surface area contributed by atoms with Crippen molar-refractivity contribution in [2.24, 2.45) is 11.3 Å². The molecule has 38 heavy (non-hydrogen) atoms. The Bertz CT molecular complexity index is 1400. The van der Waals surface area contributed by atoms with Gasteiger partial charge in [-0.05, 0) is 87.0 Å². The fourth-order valence-corrected chi connectivity index (χ4v) is 6.96. The quantitative estimate of drug-likeness (QED) is 0.457. The molecule has 1 N–H and O–H groups in total. The second kappa shape index (κ2) is 9.47. The lowest BCUT2D eigenvalue weighted by Gasteiger charge is -2.57. The number of hydrogen-bond donors (Lipinski definition) is 1. The second-order valence-electron chi connectivity index (χ2n) is 11.8. The fourth-order valence-electron chi connectivity index (χ4n) is 6.96. The lowest BCUT2D eigenvalue weighted by atomic mass is 9.47. The number of aryl methyl sites for hydroxylation is 1. The molecule has 0 radical (unpaired) electrons. The normalized spacial score (nSPS) is 27.1. The molecule has 2 saturated carbocycles. The van der Waals surface area contributed by atoms with Gasteiger partial charge in [0.2, 0.25) is 0 Å². The maximum Gasteiger partial charge on any atom is 0.306 e. The number of aliphatic carboxylic acids is 1. The fraction of sp³-hybridized carbons (Fsp3) is 0.533. The van der Waals surface area contributed by atoms with Gasteiger partial charge in [0, 0.05) is 29.9 Å².